The van der Waals surface area contributed by atoms with Gasteiger partial charge in [-0.15, -0.1) is 0 Å². The van der Waals surface area contributed by atoms with Crippen LogP contribution < -0.4 is 5.32 Å². The standard InChI is InChI=1S/C25H20BrNO2/c1-17-12-13-24(26)18(15-17)7-6-14-27-25(28)29-16-23-21-10-4-2-8-19(21)20-9-3-5-11-22(20)23/h2-5,8-13,15,23H,14,16H2,1H3,(H,27,28). The molecule has 3 nitrogen and oxygen atoms in total. The minimum atomic E-state index is -0.454. The second-order valence-corrected chi connectivity index (χ2v) is 7.82. The number of fused-ring (bicyclic) bond motifs is 3. The summed E-state index contributed by atoms with van der Waals surface area (Å²) >= 11 is 3.49. The molecular weight excluding hydrogens is 426 g/mol. The Bertz CT molecular complexity index is 1080. The predicted octanol–water partition coefficient (Wildman–Crippen LogP) is 5.65. The number of rotatable bonds is 3. The van der Waals surface area contributed by atoms with E-state index in [2.05, 4.69) is 57.4 Å². The summed E-state index contributed by atoms with van der Waals surface area (Å²) in [6, 6.07) is 22.6. The van der Waals surface area contributed by atoms with Gasteiger partial charge in [-0.3, -0.25) is 0 Å². The molecule has 1 amide bonds. The van der Waals surface area contributed by atoms with Gasteiger partial charge in [-0.25, -0.2) is 4.79 Å². The van der Waals surface area contributed by atoms with Crippen LogP contribution in [0.2, 0.25) is 0 Å². The van der Waals surface area contributed by atoms with Crippen molar-refractivity contribution in [2.45, 2.75) is 12.8 Å². The summed E-state index contributed by atoms with van der Waals surface area (Å²) < 4.78 is 6.45. The summed E-state index contributed by atoms with van der Waals surface area (Å²) in [7, 11) is 0. The third kappa shape index (κ3) is 4.21. The molecular formula is C25H20BrNO2. The summed E-state index contributed by atoms with van der Waals surface area (Å²) in [4.78, 5) is 12.1. The molecule has 3 aromatic rings. The van der Waals surface area contributed by atoms with Gasteiger partial charge in [0.05, 0.1) is 6.54 Å². The maximum absolute atomic E-state index is 12.1. The van der Waals surface area contributed by atoms with E-state index in [0.29, 0.717) is 6.61 Å². The molecule has 0 atom stereocenters. The highest BCUT2D eigenvalue weighted by molar-refractivity contribution is 9.10. The molecule has 29 heavy (non-hydrogen) atoms. The first kappa shape index (κ1) is 19.3. The molecule has 4 rings (SSSR count). The van der Waals surface area contributed by atoms with Gasteiger partial charge in [0.1, 0.15) is 6.61 Å². The van der Waals surface area contributed by atoms with E-state index in [1.54, 1.807) is 0 Å². The van der Waals surface area contributed by atoms with Gasteiger partial charge < -0.3 is 10.1 Å². The Morgan fingerprint density at radius 2 is 1.69 bits per heavy atom. The minimum Gasteiger partial charge on any atom is -0.449 e. The molecule has 1 N–H and O–H groups in total. The number of ether oxygens (including phenoxy) is 1. The van der Waals surface area contributed by atoms with Gasteiger partial charge in [-0.05, 0) is 62.8 Å². The van der Waals surface area contributed by atoms with Crippen molar-refractivity contribution in [3.05, 3.63) is 93.5 Å². The van der Waals surface area contributed by atoms with Crippen molar-refractivity contribution in [1.29, 1.82) is 0 Å². The van der Waals surface area contributed by atoms with Gasteiger partial charge in [0.15, 0.2) is 0 Å². The number of benzene rings is 3. The first-order valence-electron chi connectivity index (χ1n) is 9.47. The number of aryl methyl sites for hydroxylation is 1. The van der Waals surface area contributed by atoms with E-state index in [-0.39, 0.29) is 12.5 Å². The van der Waals surface area contributed by atoms with Crippen LogP contribution in [-0.2, 0) is 4.74 Å². The highest BCUT2D eigenvalue weighted by Gasteiger charge is 2.28. The second-order valence-electron chi connectivity index (χ2n) is 6.96. The van der Waals surface area contributed by atoms with Gasteiger partial charge in [-0.2, -0.15) is 0 Å². The molecule has 0 spiro atoms. The van der Waals surface area contributed by atoms with Gasteiger partial charge in [0.25, 0.3) is 0 Å². The van der Waals surface area contributed by atoms with E-state index >= 15 is 0 Å². The van der Waals surface area contributed by atoms with Crippen LogP contribution in [0.1, 0.15) is 28.2 Å². The van der Waals surface area contributed by atoms with Crippen LogP contribution in [0.3, 0.4) is 0 Å². The average molecular weight is 446 g/mol. The maximum atomic E-state index is 12.1. The molecule has 0 bridgehead atoms. The van der Waals surface area contributed by atoms with E-state index in [1.807, 2.05) is 49.4 Å². The number of carbonyl (C=O) groups excluding carboxylic acids is 1. The quantitative estimate of drug-likeness (QED) is 0.529. The third-order valence-corrected chi connectivity index (χ3v) is 5.70. The Hall–Kier alpha value is -3.03. The Morgan fingerprint density at radius 3 is 2.38 bits per heavy atom. The van der Waals surface area contributed by atoms with E-state index in [4.69, 9.17) is 4.74 Å². The minimum absolute atomic E-state index is 0.0579. The summed E-state index contributed by atoms with van der Waals surface area (Å²) in [5, 5.41) is 2.71. The zero-order valence-corrected chi connectivity index (χ0v) is 17.6. The van der Waals surface area contributed by atoms with Crippen molar-refractivity contribution in [3.8, 4) is 23.0 Å². The van der Waals surface area contributed by atoms with Crippen molar-refractivity contribution in [1.82, 2.24) is 5.32 Å². The fraction of sp³-hybridized carbons (Fsp3) is 0.160. The molecule has 0 radical (unpaired) electrons. The summed E-state index contributed by atoms with van der Waals surface area (Å²) in [6.07, 6.45) is -0.454. The summed E-state index contributed by atoms with van der Waals surface area (Å²) in [5.74, 6) is 6.09. The lowest BCUT2D eigenvalue weighted by Gasteiger charge is -2.14. The number of hydrogen-bond acceptors (Lipinski definition) is 2. The second kappa shape index (κ2) is 8.55. The Kier molecular flexibility index (Phi) is 5.69. The first-order chi connectivity index (χ1) is 14.1. The summed E-state index contributed by atoms with van der Waals surface area (Å²) in [5.41, 5.74) is 6.87. The Labute approximate surface area is 179 Å². The maximum Gasteiger partial charge on any atom is 0.407 e. The normalized spacial score (nSPS) is 11.8. The Morgan fingerprint density at radius 1 is 1.03 bits per heavy atom. The highest BCUT2D eigenvalue weighted by atomic mass is 79.9. The van der Waals surface area contributed by atoms with Crippen LogP contribution >= 0.6 is 15.9 Å². The smallest absolute Gasteiger partial charge is 0.407 e. The molecule has 0 aromatic heterocycles. The molecule has 0 aliphatic heterocycles. The lowest BCUT2D eigenvalue weighted by molar-refractivity contribution is 0.144. The summed E-state index contributed by atoms with van der Waals surface area (Å²) in [6.45, 7) is 2.56. The number of halogens is 1. The topological polar surface area (TPSA) is 38.3 Å². The van der Waals surface area contributed by atoms with Crippen molar-refractivity contribution in [2.75, 3.05) is 13.2 Å². The van der Waals surface area contributed by atoms with E-state index < -0.39 is 6.09 Å². The number of amides is 1. The zero-order chi connectivity index (χ0) is 20.2. The molecule has 0 heterocycles. The first-order valence-corrected chi connectivity index (χ1v) is 10.3. The van der Waals surface area contributed by atoms with Crippen molar-refractivity contribution in [3.63, 3.8) is 0 Å². The Balaban J connectivity index is 1.36. The lowest BCUT2D eigenvalue weighted by Crippen LogP contribution is -2.26. The van der Waals surface area contributed by atoms with Crippen LogP contribution in [0.25, 0.3) is 11.1 Å². The van der Waals surface area contributed by atoms with Crippen LogP contribution in [0, 0.1) is 18.8 Å². The van der Waals surface area contributed by atoms with Crippen LogP contribution in [0.15, 0.2) is 71.2 Å². The van der Waals surface area contributed by atoms with Crippen molar-refractivity contribution >= 4 is 22.0 Å². The highest BCUT2D eigenvalue weighted by Crippen LogP contribution is 2.44. The van der Waals surface area contributed by atoms with Crippen molar-refractivity contribution < 1.29 is 9.53 Å². The molecule has 0 saturated heterocycles. The lowest BCUT2D eigenvalue weighted by atomic mass is 9.98. The monoisotopic (exact) mass is 445 g/mol. The largest absolute Gasteiger partial charge is 0.449 e. The number of nitrogens with one attached hydrogen (secondary N) is 1. The molecule has 4 heteroatoms. The molecule has 3 aromatic carbocycles. The van der Waals surface area contributed by atoms with Crippen LogP contribution in [0.5, 0.6) is 0 Å². The molecule has 1 aliphatic carbocycles. The number of hydrogen-bond donors (Lipinski definition) is 1. The zero-order valence-electron chi connectivity index (χ0n) is 16.0. The number of carbonyl (C=O) groups is 1. The van der Waals surface area contributed by atoms with Gasteiger partial charge >= 0.3 is 6.09 Å². The predicted molar refractivity (Wildman–Crippen MR) is 119 cm³/mol. The number of alkyl carbamates (subject to hydrolysis) is 1. The van der Waals surface area contributed by atoms with Crippen molar-refractivity contribution in [2.24, 2.45) is 0 Å². The molecule has 0 unspecified atom stereocenters. The van der Waals surface area contributed by atoms with Crippen LogP contribution in [-0.4, -0.2) is 19.2 Å². The van der Waals surface area contributed by atoms with Gasteiger partial charge in [0.2, 0.25) is 0 Å². The molecule has 1 aliphatic rings. The third-order valence-electron chi connectivity index (χ3n) is 5.01. The molecule has 0 saturated carbocycles. The van der Waals surface area contributed by atoms with Gasteiger partial charge in [-0.1, -0.05) is 66.4 Å². The molecule has 0 fully saturated rings. The average Bonchev–Trinajstić information content (AvgIpc) is 3.06. The van der Waals surface area contributed by atoms with E-state index in [1.165, 1.54) is 22.3 Å². The van der Waals surface area contributed by atoms with Crippen LogP contribution in [0.4, 0.5) is 4.79 Å². The van der Waals surface area contributed by atoms with E-state index in [0.717, 1.165) is 15.6 Å². The fourth-order valence-corrected chi connectivity index (χ4v) is 3.99. The SMILES string of the molecule is Cc1ccc(Br)c(C#CCNC(=O)OCC2c3ccccc3-c3ccccc32)c1. The molecule has 144 valence electrons. The van der Waals surface area contributed by atoms with Gasteiger partial charge in [0, 0.05) is 16.0 Å². The van der Waals surface area contributed by atoms with E-state index in [9.17, 15) is 4.79 Å². The fourth-order valence-electron chi connectivity index (χ4n) is 3.64.